The molecule has 1 aliphatic rings. The summed E-state index contributed by atoms with van der Waals surface area (Å²) in [6.45, 7) is 3.74. The number of hydrogen-bond donors (Lipinski definition) is 0. The lowest BCUT2D eigenvalue weighted by atomic mass is 10.00. The third-order valence-electron chi connectivity index (χ3n) is 3.79. The van der Waals surface area contributed by atoms with Gasteiger partial charge in [-0.3, -0.25) is 4.79 Å². The van der Waals surface area contributed by atoms with Crippen LogP contribution < -0.4 is 0 Å². The summed E-state index contributed by atoms with van der Waals surface area (Å²) >= 11 is 5.97. The minimum atomic E-state index is -0.0812. The first-order valence-electron chi connectivity index (χ1n) is 7.15. The van der Waals surface area contributed by atoms with E-state index in [0.29, 0.717) is 22.4 Å². The Morgan fingerprint density at radius 3 is 3.05 bits per heavy atom. The summed E-state index contributed by atoms with van der Waals surface area (Å²) < 4.78 is 5.22. The molecule has 1 aromatic carbocycles. The molecule has 0 bridgehead atoms. The number of carbonyl (C=O) groups excluding carboxylic acids is 1. The van der Waals surface area contributed by atoms with Gasteiger partial charge in [-0.1, -0.05) is 35.8 Å². The topological polar surface area (TPSA) is 46.3 Å². The van der Waals surface area contributed by atoms with E-state index in [-0.39, 0.29) is 5.91 Å². The van der Waals surface area contributed by atoms with E-state index in [1.165, 1.54) is 6.42 Å². The second-order valence-corrected chi connectivity index (χ2v) is 6.02. The van der Waals surface area contributed by atoms with Crippen molar-refractivity contribution in [1.82, 2.24) is 10.1 Å². The molecule has 0 aliphatic carbocycles. The first kappa shape index (κ1) is 14.1. The molecule has 2 aromatic rings. The van der Waals surface area contributed by atoms with Gasteiger partial charge in [-0.25, -0.2) is 0 Å². The van der Waals surface area contributed by atoms with Gasteiger partial charge < -0.3 is 9.42 Å². The van der Waals surface area contributed by atoms with Crippen molar-refractivity contribution in [2.24, 2.45) is 5.92 Å². The van der Waals surface area contributed by atoms with Gasteiger partial charge in [-0.05, 0) is 30.9 Å². The lowest BCUT2D eigenvalue weighted by Gasteiger charge is -2.29. The molecule has 1 saturated heterocycles. The average Bonchev–Trinajstić information content (AvgIpc) is 2.96. The van der Waals surface area contributed by atoms with Crippen LogP contribution >= 0.6 is 11.6 Å². The molecular weight excluding hydrogens is 288 g/mol. The molecule has 1 unspecified atom stereocenters. The number of rotatable bonds is 2. The SMILES string of the molecule is CC1CCCN(C(=O)c2cc(-c3cccc(Cl)c3)no2)C1. The van der Waals surface area contributed by atoms with Crippen LogP contribution in [0, 0.1) is 5.92 Å². The van der Waals surface area contributed by atoms with Crippen molar-refractivity contribution in [1.29, 1.82) is 0 Å². The summed E-state index contributed by atoms with van der Waals surface area (Å²) in [5, 5.41) is 4.61. The van der Waals surface area contributed by atoms with Crippen LogP contribution in [0.15, 0.2) is 34.9 Å². The minimum Gasteiger partial charge on any atom is -0.350 e. The summed E-state index contributed by atoms with van der Waals surface area (Å²) in [5.74, 6) is 0.749. The van der Waals surface area contributed by atoms with Crippen molar-refractivity contribution in [3.8, 4) is 11.3 Å². The molecule has 1 fully saturated rings. The predicted octanol–water partition coefficient (Wildman–Crippen LogP) is 3.87. The second-order valence-electron chi connectivity index (χ2n) is 5.59. The molecule has 0 saturated carbocycles. The zero-order valence-corrected chi connectivity index (χ0v) is 12.6. The van der Waals surface area contributed by atoms with Gasteiger partial charge in [0.05, 0.1) is 0 Å². The van der Waals surface area contributed by atoms with E-state index in [1.54, 1.807) is 18.2 Å². The van der Waals surface area contributed by atoms with E-state index in [9.17, 15) is 4.79 Å². The minimum absolute atomic E-state index is 0.0812. The molecule has 1 amide bonds. The van der Waals surface area contributed by atoms with Crippen LogP contribution in [0.1, 0.15) is 30.3 Å². The fourth-order valence-corrected chi connectivity index (χ4v) is 2.88. The van der Waals surface area contributed by atoms with Crippen LogP contribution in [0.4, 0.5) is 0 Å². The van der Waals surface area contributed by atoms with Crippen LogP contribution in [0.3, 0.4) is 0 Å². The number of piperidine rings is 1. The lowest BCUT2D eigenvalue weighted by molar-refractivity contribution is 0.0641. The number of amides is 1. The monoisotopic (exact) mass is 304 g/mol. The van der Waals surface area contributed by atoms with E-state index in [4.69, 9.17) is 16.1 Å². The van der Waals surface area contributed by atoms with Gasteiger partial charge >= 0.3 is 0 Å². The molecule has 0 spiro atoms. The van der Waals surface area contributed by atoms with Gasteiger partial charge in [-0.15, -0.1) is 0 Å². The Labute approximate surface area is 128 Å². The molecule has 1 atom stereocenters. The predicted molar refractivity (Wildman–Crippen MR) is 81.3 cm³/mol. The Kier molecular flexibility index (Phi) is 3.97. The molecule has 1 aromatic heterocycles. The summed E-state index contributed by atoms with van der Waals surface area (Å²) in [7, 11) is 0. The van der Waals surface area contributed by atoms with Crippen molar-refractivity contribution in [2.45, 2.75) is 19.8 Å². The second kappa shape index (κ2) is 5.90. The number of hydrogen-bond acceptors (Lipinski definition) is 3. The molecule has 4 nitrogen and oxygen atoms in total. The number of likely N-dealkylation sites (tertiary alicyclic amines) is 1. The van der Waals surface area contributed by atoms with Gasteiger partial charge in [0.1, 0.15) is 5.69 Å². The maximum Gasteiger partial charge on any atom is 0.292 e. The highest BCUT2D eigenvalue weighted by Crippen LogP contribution is 2.24. The Balaban J connectivity index is 1.80. The van der Waals surface area contributed by atoms with Gasteiger partial charge in [0.2, 0.25) is 5.76 Å². The van der Waals surface area contributed by atoms with Crippen LogP contribution in [0.5, 0.6) is 0 Å². The van der Waals surface area contributed by atoms with Crippen molar-refractivity contribution >= 4 is 17.5 Å². The Hall–Kier alpha value is -1.81. The summed E-state index contributed by atoms with van der Waals surface area (Å²) in [5.41, 5.74) is 1.48. The van der Waals surface area contributed by atoms with Gasteiger partial charge in [-0.2, -0.15) is 0 Å². The van der Waals surface area contributed by atoms with Gasteiger partial charge in [0.25, 0.3) is 5.91 Å². The molecule has 5 heteroatoms. The maximum absolute atomic E-state index is 12.4. The quantitative estimate of drug-likeness (QED) is 0.846. The van der Waals surface area contributed by atoms with Crippen LogP contribution in [0.2, 0.25) is 5.02 Å². The largest absolute Gasteiger partial charge is 0.350 e. The molecule has 21 heavy (non-hydrogen) atoms. The van der Waals surface area contributed by atoms with Gasteiger partial charge in [0.15, 0.2) is 0 Å². The van der Waals surface area contributed by atoms with Crippen molar-refractivity contribution in [3.63, 3.8) is 0 Å². The molecular formula is C16H17ClN2O2. The average molecular weight is 305 g/mol. The number of carbonyl (C=O) groups is 1. The Morgan fingerprint density at radius 2 is 2.29 bits per heavy atom. The van der Waals surface area contributed by atoms with Crippen molar-refractivity contribution in [3.05, 3.63) is 41.1 Å². The number of benzene rings is 1. The molecule has 0 radical (unpaired) electrons. The van der Waals surface area contributed by atoms with Gasteiger partial charge in [0, 0.05) is 29.7 Å². The zero-order valence-electron chi connectivity index (χ0n) is 11.9. The fourth-order valence-electron chi connectivity index (χ4n) is 2.69. The van der Waals surface area contributed by atoms with E-state index < -0.39 is 0 Å². The van der Waals surface area contributed by atoms with E-state index in [1.807, 2.05) is 17.0 Å². The molecule has 0 N–H and O–H groups in total. The van der Waals surface area contributed by atoms with E-state index in [0.717, 1.165) is 25.1 Å². The normalized spacial score (nSPS) is 18.8. The third-order valence-corrected chi connectivity index (χ3v) is 4.02. The first-order chi connectivity index (χ1) is 10.1. The highest BCUT2D eigenvalue weighted by molar-refractivity contribution is 6.30. The molecule has 2 heterocycles. The summed E-state index contributed by atoms with van der Waals surface area (Å²) in [6, 6.07) is 9.03. The number of halogens is 1. The van der Waals surface area contributed by atoms with E-state index >= 15 is 0 Å². The summed E-state index contributed by atoms with van der Waals surface area (Å²) in [4.78, 5) is 14.3. The number of nitrogens with zero attached hydrogens (tertiary/aromatic N) is 2. The highest BCUT2D eigenvalue weighted by Gasteiger charge is 2.25. The van der Waals surface area contributed by atoms with Crippen molar-refractivity contribution in [2.75, 3.05) is 13.1 Å². The fraction of sp³-hybridized carbons (Fsp3) is 0.375. The summed E-state index contributed by atoms with van der Waals surface area (Å²) in [6.07, 6.45) is 2.22. The Morgan fingerprint density at radius 1 is 1.43 bits per heavy atom. The molecule has 110 valence electrons. The van der Waals surface area contributed by atoms with Crippen LogP contribution in [-0.4, -0.2) is 29.1 Å². The van der Waals surface area contributed by atoms with E-state index in [2.05, 4.69) is 12.1 Å². The molecule has 1 aliphatic heterocycles. The Bertz CT molecular complexity index is 653. The first-order valence-corrected chi connectivity index (χ1v) is 7.53. The lowest BCUT2D eigenvalue weighted by Crippen LogP contribution is -2.38. The highest BCUT2D eigenvalue weighted by atomic mass is 35.5. The zero-order chi connectivity index (χ0) is 14.8. The molecule has 3 rings (SSSR count). The standard InChI is InChI=1S/C16H17ClN2O2/c1-11-4-3-7-19(10-11)16(20)15-9-14(18-21-15)12-5-2-6-13(17)8-12/h2,5-6,8-9,11H,3-4,7,10H2,1H3. The smallest absolute Gasteiger partial charge is 0.292 e. The maximum atomic E-state index is 12.4. The third kappa shape index (κ3) is 3.10. The van der Waals surface area contributed by atoms with Crippen LogP contribution in [0.25, 0.3) is 11.3 Å². The van der Waals surface area contributed by atoms with Crippen molar-refractivity contribution < 1.29 is 9.32 Å². The van der Waals surface area contributed by atoms with Crippen LogP contribution in [-0.2, 0) is 0 Å². The number of aromatic nitrogens is 1.